The molecule has 4 heteroatoms. The highest BCUT2D eigenvalue weighted by Crippen LogP contribution is 2.11. The van der Waals surface area contributed by atoms with Gasteiger partial charge in [0.15, 0.2) is 0 Å². The number of benzene rings is 1. The van der Waals surface area contributed by atoms with Crippen LogP contribution >= 0.6 is 0 Å². The molecule has 1 heterocycles. The van der Waals surface area contributed by atoms with Gasteiger partial charge in [-0.1, -0.05) is 32.0 Å². The quantitative estimate of drug-likeness (QED) is 0.755. The van der Waals surface area contributed by atoms with Crippen molar-refractivity contribution in [3.63, 3.8) is 0 Å². The van der Waals surface area contributed by atoms with Crippen LogP contribution in [0.15, 0.2) is 35.1 Å². The lowest BCUT2D eigenvalue weighted by molar-refractivity contribution is 0.243. The Kier molecular flexibility index (Phi) is 4.93. The molecule has 2 aromatic rings. The van der Waals surface area contributed by atoms with Crippen molar-refractivity contribution in [2.45, 2.75) is 32.9 Å². The summed E-state index contributed by atoms with van der Waals surface area (Å²) < 4.78 is 0. The fourth-order valence-corrected chi connectivity index (χ4v) is 2.38. The second kappa shape index (κ2) is 6.68. The molecule has 1 aromatic heterocycles. The van der Waals surface area contributed by atoms with Gasteiger partial charge in [-0.15, -0.1) is 0 Å². The second-order valence-corrected chi connectivity index (χ2v) is 5.45. The summed E-state index contributed by atoms with van der Waals surface area (Å²) in [6.45, 7) is 4.89. The van der Waals surface area contributed by atoms with E-state index in [2.05, 4.69) is 24.1 Å². The summed E-state index contributed by atoms with van der Waals surface area (Å²) in [5.41, 5.74) is 1.53. The number of fused-ring (bicyclic) bond motifs is 1. The Morgan fingerprint density at radius 3 is 2.75 bits per heavy atom. The smallest absolute Gasteiger partial charge is 0.252 e. The average Bonchev–Trinajstić information content (AvgIpc) is 2.43. The van der Waals surface area contributed by atoms with Gasteiger partial charge in [0, 0.05) is 30.3 Å². The molecule has 20 heavy (non-hydrogen) atoms. The van der Waals surface area contributed by atoms with Gasteiger partial charge in [-0.2, -0.15) is 0 Å². The number of nitrogens with one attached hydrogen (secondary N) is 2. The molecule has 0 aliphatic rings. The Morgan fingerprint density at radius 1 is 1.30 bits per heavy atom. The maximum Gasteiger partial charge on any atom is 0.252 e. The zero-order chi connectivity index (χ0) is 14.5. The maximum atomic E-state index is 12.0. The summed E-state index contributed by atoms with van der Waals surface area (Å²) >= 11 is 0. The van der Waals surface area contributed by atoms with Crippen LogP contribution in [0.4, 0.5) is 0 Å². The monoisotopic (exact) mass is 274 g/mol. The van der Waals surface area contributed by atoms with Crippen LogP contribution in [0.1, 0.15) is 25.8 Å². The highest BCUT2D eigenvalue weighted by atomic mass is 16.3. The number of H-pyrrole nitrogens is 1. The summed E-state index contributed by atoms with van der Waals surface area (Å²) in [6.07, 6.45) is 0.698. The van der Waals surface area contributed by atoms with Gasteiger partial charge < -0.3 is 15.4 Å². The number of aromatic amines is 1. The van der Waals surface area contributed by atoms with Crippen molar-refractivity contribution in [3.05, 3.63) is 46.2 Å². The van der Waals surface area contributed by atoms with Gasteiger partial charge in [0.1, 0.15) is 0 Å². The largest absolute Gasteiger partial charge is 0.396 e. The molecule has 0 amide bonds. The van der Waals surface area contributed by atoms with Crippen LogP contribution in [0, 0.1) is 5.92 Å². The van der Waals surface area contributed by atoms with Crippen LogP contribution in [-0.2, 0) is 6.54 Å². The van der Waals surface area contributed by atoms with Crippen LogP contribution in [0.25, 0.3) is 10.9 Å². The number of hydrogen-bond donors (Lipinski definition) is 3. The zero-order valence-electron chi connectivity index (χ0n) is 12.0. The van der Waals surface area contributed by atoms with E-state index in [4.69, 9.17) is 5.11 Å². The first-order chi connectivity index (χ1) is 9.61. The van der Waals surface area contributed by atoms with E-state index in [9.17, 15) is 4.79 Å². The highest BCUT2D eigenvalue weighted by Gasteiger charge is 2.13. The van der Waals surface area contributed by atoms with Gasteiger partial charge >= 0.3 is 0 Å². The van der Waals surface area contributed by atoms with Crippen molar-refractivity contribution in [2.24, 2.45) is 5.92 Å². The number of aromatic nitrogens is 1. The third kappa shape index (κ3) is 3.46. The fraction of sp³-hybridized carbons (Fsp3) is 0.438. The SMILES string of the molecule is CC(C)C(CCO)NCc1cc2ccccc2[nH]c1=O. The first kappa shape index (κ1) is 14.8. The summed E-state index contributed by atoms with van der Waals surface area (Å²) in [5, 5.41) is 13.5. The van der Waals surface area contributed by atoms with Gasteiger partial charge in [0.05, 0.1) is 0 Å². The molecule has 1 atom stereocenters. The lowest BCUT2D eigenvalue weighted by Crippen LogP contribution is -2.35. The van der Waals surface area contributed by atoms with E-state index in [0.717, 1.165) is 16.5 Å². The molecule has 0 saturated heterocycles. The molecule has 4 nitrogen and oxygen atoms in total. The Bertz CT molecular complexity index is 619. The van der Waals surface area contributed by atoms with Gasteiger partial charge in [0.25, 0.3) is 5.56 Å². The molecule has 3 N–H and O–H groups in total. The van der Waals surface area contributed by atoms with E-state index < -0.39 is 0 Å². The van der Waals surface area contributed by atoms with Crippen molar-refractivity contribution < 1.29 is 5.11 Å². The normalized spacial score (nSPS) is 13.0. The average molecular weight is 274 g/mol. The zero-order valence-corrected chi connectivity index (χ0v) is 12.0. The minimum Gasteiger partial charge on any atom is -0.396 e. The molecule has 1 unspecified atom stereocenters. The second-order valence-electron chi connectivity index (χ2n) is 5.45. The summed E-state index contributed by atoms with van der Waals surface area (Å²) in [4.78, 5) is 14.9. The van der Waals surface area contributed by atoms with E-state index in [-0.39, 0.29) is 18.2 Å². The number of rotatable bonds is 6. The van der Waals surface area contributed by atoms with Crippen molar-refractivity contribution >= 4 is 10.9 Å². The molecule has 0 fully saturated rings. The number of hydrogen-bond acceptors (Lipinski definition) is 3. The third-order valence-corrected chi connectivity index (χ3v) is 3.63. The summed E-state index contributed by atoms with van der Waals surface area (Å²) in [6, 6.07) is 9.90. The highest BCUT2D eigenvalue weighted by molar-refractivity contribution is 5.78. The lowest BCUT2D eigenvalue weighted by atomic mass is 10.0. The van der Waals surface area contributed by atoms with Crippen molar-refractivity contribution in [3.8, 4) is 0 Å². The van der Waals surface area contributed by atoms with E-state index in [0.29, 0.717) is 18.9 Å². The first-order valence-corrected chi connectivity index (χ1v) is 7.07. The van der Waals surface area contributed by atoms with Crippen LogP contribution in [0.2, 0.25) is 0 Å². The molecular formula is C16H22N2O2. The van der Waals surface area contributed by atoms with Gasteiger partial charge in [-0.05, 0) is 29.9 Å². The van der Waals surface area contributed by atoms with Crippen molar-refractivity contribution in [1.29, 1.82) is 0 Å². The molecule has 0 radical (unpaired) electrons. The maximum absolute atomic E-state index is 12.0. The molecule has 0 saturated carbocycles. The van der Waals surface area contributed by atoms with E-state index in [1.807, 2.05) is 30.3 Å². The first-order valence-electron chi connectivity index (χ1n) is 7.07. The molecule has 0 aliphatic carbocycles. The minimum atomic E-state index is -0.0531. The number of pyridine rings is 1. The number of aliphatic hydroxyl groups is 1. The lowest BCUT2D eigenvalue weighted by Gasteiger charge is -2.21. The Labute approximate surface area is 118 Å². The van der Waals surface area contributed by atoms with Crippen LogP contribution in [-0.4, -0.2) is 22.7 Å². The van der Waals surface area contributed by atoms with Crippen LogP contribution in [0.3, 0.4) is 0 Å². The van der Waals surface area contributed by atoms with Crippen LogP contribution < -0.4 is 10.9 Å². The molecular weight excluding hydrogens is 252 g/mol. The summed E-state index contributed by atoms with van der Waals surface area (Å²) in [7, 11) is 0. The molecule has 1 aromatic carbocycles. The third-order valence-electron chi connectivity index (χ3n) is 3.63. The topological polar surface area (TPSA) is 65.1 Å². The minimum absolute atomic E-state index is 0.0531. The molecule has 0 aliphatic heterocycles. The van der Waals surface area contributed by atoms with E-state index >= 15 is 0 Å². The molecule has 0 bridgehead atoms. The van der Waals surface area contributed by atoms with E-state index in [1.165, 1.54) is 0 Å². The van der Waals surface area contributed by atoms with Gasteiger partial charge in [-0.3, -0.25) is 4.79 Å². The Morgan fingerprint density at radius 2 is 2.05 bits per heavy atom. The molecule has 0 spiro atoms. The number of para-hydroxylation sites is 1. The van der Waals surface area contributed by atoms with Crippen molar-refractivity contribution in [1.82, 2.24) is 10.3 Å². The predicted octanol–water partition coefficient (Wildman–Crippen LogP) is 2.02. The van der Waals surface area contributed by atoms with Crippen molar-refractivity contribution in [2.75, 3.05) is 6.61 Å². The molecule has 2 rings (SSSR count). The van der Waals surface area contributed by atoms with Gasteiger partial charge in [0.2, 0.25) is 0 Å². The fourth-order valence-electron chi connectivity index (χ4n) is 2.38. The predicted molar refractivity (Wildman–Crippen MR) is 81.7 cm³/mol. The van der Waals surface area contributed by atoms with E-state index in [1.54, 1.807) is 0 Å². The number of aliphatic hydroxyl groups excluding tert-OH is 1. The van der Waals surface area contributed by atoms with Crippen LogP contribution in [0.5, 0.6) is 0 Å². The standard InChI is InChI=1S/C16H22N2O2/c1-11(2)14(7-8-19)17-10-13-9-12-5-3-4-6-15(12)18-16(13)20/h3-6,9,11,14,17,19H,7-8,10H2,1-2H3,(H,18,20). The Balaban J connectivity index is 2.16. The Hall–Kier alpha value is -1.65. The van der Waals surface area contributed by atoms with Gasteiger partial charge in [-0.25, -0.2) is 0 Å². The summed E-state index contributed by atoms with van der Waals surface area (Å²) in [5.74, 6) is 0.418. The molecule has 108 valence electrons.